The van der Waals surface area contributed by atoms with Gasteiger partial charge in [-0.2, -0.15) is 0 Å². The Morgan fingerprint density at radius 1 is 1.11 bits per heavy atom. The fourth-order valence-corrected chi connectivity index (χ4v) is 0.714. The third-order valence-electron chi connectivity index (χ3n) is 1.25. The van der Waals surface area contributed by atoms with Crippen molar-refractivity contribution in [2.75, 3.05) is 0 Å². The largest absolute Gasteiger partial charge is 0.0622 e. The first-order valence-corrected chi connectivity index (χ1v) is 2.97. The summed E-state index contributed by atoms with van der Waals surface area (Å²) in [6, 6.07) is 10.5. The molecule has 1 rings (SSSR count). The second-order valence-electron chi connectivity index (χ2n) is 1.84. The van der Waals surface area contributed by atoms with Crippen LogP contribution in [0.4, 0.5) is 0 Å². The third kappa shape index (κ3) is 2.81. The van der Waals surface area contributed by atoms with E-state index in [4.69, 9.17) is 0 Å². The quantitative estimate of drug-likeness (QED) is 0.612. The van der Waals surface area contributed by atoms with Crippen LogP contribution in [-0.4, -0.2) is 0 Å². The summed E-state index contributed by atoms with van der Waals surface area (Å²) in [5.41, 5.74) is 1.41. The Kier molecular flexibility index (Phi) is 4.71. The predicted molar refractivity (Wildman–Crippen MR) is 35.8 cm³/mol. The van der Waals surface area contributed by atoms with Crippen LogP contribution in [0.2, 0.25) is 0 Å². The van der Waals surface area contributed by atoms with Gasteiger partial charge in [0.25, 0.3) is 0 Å². The van der Waals surface area contributed by atoms with Gasteiger partial charge in [-0.1, -0.05) is 37.3 Å². The van der Waals surface area contributed by atoms with Gasteiger partial charge in [0.2, 0.25) is 0 Å². The molecule has 0 nitrogen and oxygen atoms in total. The first-order chi connectivity index (χ1) is 3.93. The average molecular weight is 202 g/mol. The summed E-state index contributed by atoms with van der Waals surface area (Å²) in [7, 11) is 0. The van der Waals surface area contributed by atoms with Crippen LogP contribution in [0.15, 0.2) is 30.3 Å². The van der Waals surface area contributed by atoms with E-state index in [0.29, 0.717) is 0 Å². The Morgan fingerprint density at radius 2 is 1.67 bits per heavy atom. The first kappa shape index (κ1) is 8.91. The zero-order valence-corrected chi connectivity index (χ0v) is 7.51. The Morgan fingerprint density at radius 3 is 2.00 bits per heavy atom. The van der Waals surface area contributed by atoms with E-state index in [1.165, 1.54) is 5.56 Å². The zero-order chi connectivity index (χ0) is 5.82. The van der Waals surface area contributed by atoms with Crippen LogP contribution in [-0.2, 0) is 27.5 Å². The van der Waals surface area contributed by atoms with Crippen LogP contribution in [0.5, 0.6) is 0 Å². The molecule has 0 saturated carbocycles. The molecule has 0 aliphatic carbocycles. The van der Waals surface area contributed by atoms with Crippen molar-refractivity contribution in [3.8, 4) is 0 Å². The number of hydrogen-bond donors (Lipinski definition) is 0. The molecule has 0 radical (unpaired) electrons. The minimum absolute atomic E-state index is 0. The molecule has 0 saturated heterocycles. The van der Waals surface area contributed by atoms with Crippen LogP contribution < -0.4 is 0 Å². The summed E-state index contributed by atoms with van der Waals surface area (Å²) in [5.74, 6) is 0. The van der Waals surface area contributed by atoms with Crippen molar-refractivity contribution in [1.82, 2.24) is 0 Å². The van der Waals surface area contributed by atoms with Gasteiger partial charge in [0, 0.05) is 21.1 Å². The molecule has 0 aliphatic rings. The van der Waals surface area contributed by atoms with Crippen molar-refractivity contribution in [3.63, 3.8) is 0 Å². The molecule has 9 heavy (non-hydrogen) atoms. The molecule has 0 amide bonds. The molecule has 0 spiro atoms. The molecule has 0 unspecified atom stereocenters. The maximum Gasteiger partial charge on any atom is 0 e. The van der Waals surface area contributed by atoms with E-state index >= 15 is 0 Å². The zero-order valence-electron chi connectivity index (χ0n) is 5.50. The van der Waals surface area contributed by atoms with Gasteiger partial charge in [-0.3, -0.25) is 0 Å². The predicted octanol–water partition coefficient (Wildman–Crippen LogP) is 2.25. The van der Waals surface area contributed by atoms with Crippen molar-refractivity contribution in [3.05, 3.63) is 35.9 Å². The minimum atomic E-state index is 0. The van der Waals surface area contributed by atoms with Crippen molar-refractivity contribution in [2.45, 2.75) is 13.3 Å². The molecule has 0 fully saturated rings. The van der Waals surface area contributed by atoms with Gasteiger partial charge in [0.1, 0.15) is 0 Å². The van der Waals surface area contributed by atoms with Crippen molar-refractivity contribution in [2.24, 2.45) is 0 Å². The van der Waals surface area contributed by atoms with Gasteiger partial charge in [-0.25, -0.2) is 0 Å². The van der Waals surface area contributed by atoms with Gasteiger partial charge >= 0.3 is 0 Å². The number of benzene rings is 1. The van der Waals surface area contributed by atoms with Crippen LogP contribution >= 0.6 is 0 Å². The Labute approximate surface area is 70.5 Å². The summed E-state index contributed by atoms with van der Waals surface area (Å²) in [5, 5.41) is 0. The molecule has 48 valence electrons. The molecule has 0 atom stereocenters. The molecular weight excluding hydrogens is 192 g/mol. The topological polar surface area (TPSA) is 0 Å². The van der Waals surface area contributed by atoms with E-state index in [9.17, 15) is 0 Å². The molecule has 1 aromatic carbocycles. The second-order valence-corrected chi connectivity index (χ2v) is 1.84. The molecular formula is C8H10Mo. The van der Waals surface area contributed by atoms with Crippen molar-refractivity contribution >= 4 is 0 Å². The van der Waals surface area contributed by atoms with Gasteiger partial charge < -0.3 is 0 Å². The fourth-order valence-electron chi connectivity index (χ4n) is 0.714. The molecule has 0 aromatic heterocycles. The van der Waals surface area contributed by atoms with E-state index in [1.54, 1.807) is 0 Å². The number of aryl methyl sites for hydroxylation is 1. The van der Waals surface area contributed by atoms with Gasteiger partial charge in [0.05, 0.1) is 0 Å². The standard InChI is InChI=1S/C8H10.Mo/c1-2-8-6-4-3-5-7-8;/h3-7H,2H2,1H3;. The van der Waals surface area contributed by atoms with E-state index in [1.807, 2.05) is 6.07 Å². The summed E-state index contributed by atoms with van der Waals surface area (Å²) in [4.78, 5) is 0. The van der Waals surface area contributed by atoms with Crippen molar-refractivity contribution in [1.29, 1.82) is 0 Å². The van der Waals surface area contributed by atoms with E-state index in [0.717, 1.165) is 6.42 Å². The third-order valence-corrected chi connectivity index (χ3v) is 1.25. The van der Waals surface area contributed by atoms with E-state index < -0.39 is 0 Å². The Bertz CT molecular complexity index is 146. The van der Waals surface area contributed by atoms with Gasteiger partial charge in [0.15, 0.2) is 0 Å². The number of hydrogen-bond acceptors (Lipinski definition) is 0. The van der Waals surface area contributed by atoms with Crippen molar-refractivity contribution < 1.29 is 21.1 Å². The van der Waals surface area contributed by atoms with Crippen LogP contribution in [0.25, 0.3) is 0 Å². The van der Waals surface area contributed by atoms with Crippen LogP contribution in [0, 0.1) is 0 Å². The normalized spacial score (nSPS) is 8.11. The first-order valence-electron chi connectivity index (χ1n) is 2.97. The van der Waals surface area contributed by atoms with Crippen LogP contribution in [0.1, 0.15) is 12.5 Å². The molecule has 1 heteroatoms. The summed E-state index contributed by atoms with van der Waals surface area (Å²) < 4.78 is 0. The molecule has 0 heterocycles. The Balaban J connectivity index is 0.000000640. The minimum Gasteiger partial charge on any atom is -0.0622 e. The second kappa shape index (κ2) is 4.76. The maximum absolute atomic E-state index is 2.16. The Hall–Kier alpha value is -0.0917. The molecule has 1 aromatic rings. The smallest absolute Gasteiger partial charge is 0 e. The number of rotatable bonds is 1. The summed E-state index contributed by atoms with van der Waals surface area (Å²) in [6.07, 6.45) is 1.14. The van der Waals surface area contributed by atoms with Gasteiger partial charge in [-0.15, -0.1) is 0 Å². The molecule has 0 bridgehead atoms. The fraction of sp³-hybridized carbons (Fsp3) is 0.250. The van der Waals surface area contributed by atoms with E-state index in [-0.39, 0.29) is 21.1 Å². The SMILES string of the molecule is CCc1ccccc1.[Mo]. The van der Waals surface area contributed by atoms with Gasteiger partial charge in [-0.05, 0) is 12.0 Å². The average Bonchev–Trinajstić information content (AvgIpc) is 1.90. The van der Waals surface area contributed by atoms with E-state index in [2.05, 4.69) is 31.2 Å². The summed E-state index contributed by atoms with van der Waals surface area (Å²) in [6.45, 7) is 2.16. The summed E-state index contributed by atoms with van der Waals surface area (Å²) >= 11 is 0. The van der Waals surface area contributed by atoms with Crippen LogP contribution in [0.3, 0.4) is 0 Å². The molecule has 0 N–H and O–H groups in total. The monoisotopic (exact) mass is 204 g/mol. The maximum atomic E-state index is 2.16. The molecule has 0 aliphatic heterocycles.